The topological polar surface area (TPSA) is 219 Å². The zero-order valence-electron chi connectivity index (χ0n) is 14.8. The Morgan fingerprint density at radius 3 is 2.00 bits per heavy atom. The zero-order valence-corrected chi connectivity index (χ0v) is 14.8. The van der Waals surface area contributed by atoms with Crippen molar-refractivity contribution in [2.75, 3.05) is 26.4 Å². The summed E-state index contributed by atoms with van der Waals surface area (Å²) in [6.07, 6.45) is -16.5. The molecular weight excluding hydrogens is 388 g/mol. The molecule has 0 aliphatic carbocycles. The molecule has 166 valence electrons. The van der Waals surface area contributed by atoms with Crippen LogP contribution in [0.4, 0.5) is 0 Å². The Kier molecular flexibility index (Phi) is 8.90. The lowest BCUT2D eigenvalue weighted by Crippen LogP contribution is -2.60. The molecule has 0 saturated carbocycles. The number of hydrogen-bond acceptors (Lipinski definition) is 13. The SMILES string of the molecule is OCC(O)C(O)C(CO)OC1OCC(OC2OCC(O)C(O)C2O)C(O)C1O. The van der Waals surface area contributed by atoms with Gasteiger partial charge in [-0.25, -0.2) is 0 Å². The number of ether oxygens (including phenoxy) is 4. The minimum atomic E-state index is -1.71. The molecule has 9 N–H and O–H groups in total. The molecule has 0 radical (unpaired) electrons. The molecule has 13 nitrogen and oxygen atoms in total. The van der Waals surface area contributed by atoms with Crippen LogP contribution < -0.4 is 0 Å². The van der Waals surface area contributed by atoms with E-state index in [4.69, 9.17) is 24.1 Å². The Hall–Kier alpha value is -0.520. The molecule has 2 fully saturated rings. The summed E-state index contributed by atoms with van der Waals surface area (Å²) < 4.78 is 20.8. The number of aliphatic hydroxyl groups excluding tert-OH is 9. The summed E-state index contributed by atoms with van der Waals surface area (Å²) in [6.45, 7) is -2.24. The maximum atomic E-state index is 10.2. The van der Waals surface area contributed by atoms with Crippen molar-refractivity contribution >= 4 is 0 Å². The Balaban J connectivity index is 1.93. The van der Waals surface area contributed by atoms with Gasteiger partial charge in [0.15, 0.2) is 12.6 Å². The molecule has 0 bridgehead atoms. The normalized spacial score (nSPS) is 42.8. The van der Waals surface area contributed by atoms with Gasteiger partial charge in [-0.05, 0) is 0 Å². The molecule has 11 unspecified atom stereocenters. The van der Waals surface area contributed by atoms with Crippen molar-refractivity contribution in [1.82, 2.24) is 0 Å². The highest BCUT2D eigenvalue weighted by atomic mass is 16.7. The molecule has 0 amide bonds. The van der Waals surface area contributed by atoms with Crippen LogP contribution in [0, 0.1) is 0 Å². The fourth-order valence-corrected chi connectivity index (χ4v) is 2.84. The second kappa shape index (κ2) is 10.5. The van der Waals surface area contributed by atoms with E-state index in [2.05, 4.69) is 0 Å². The maximum absolute atomic E-state index is 10.2. The van der Waals surface area contributed by atoms with Crippen LogP contribution >= 0.6 is 0 Å². The smallest absolute Gasteiger partial charge is 0.186 e. The second-order valence-corrected chi connectivity index (χ2v) is 6.71. The van der Waals surface area contributed by atoms with Crippen molar-refractivity contribution in [2.24, 2.45) is 0 Å². The number of hydrogen-bond donors (Lipinski definition) is 9. The largest absolute Gasteiger partial charge is 0.394 e. The fourth-order valence-electron chi connectivity index (χ4n) is 2.84. The monoisotopic (exact) mass is 416 g/mol. The molecule has 2 heterocycles. The van der Waals surface area contributed by atoms with Gasteiger partial charge in [0.2, 0.25) is 0 Å². The summed E-state index contributed by atoms with van der Waals surface area (Å²) in [5.74, 6) is 0. The van der Waals surface area contributed by atoms with Gasteiger partial charge >= 0.3 is 0 Å². The predicted molar refractivity (Wildman–Crippen MR) is 85.4 cm³/mol. The summed E-state index contributed by atoms with van der Waals surface area (Å²) in [4.78, 5) is 0. The van der Waals surface area contributed by atoms with Crippen molar-refractivity contribution in [2.45, 2.75) is 67.5 Å². The fraction of sp³-hybridized carbons (Fsp3) is 1.00. The molecule has 13 heteroatoms. The van der Waals surface area contributed by atoms with Gasteiger partial charge in [0, 0.05) is 0 Å². The molecule has 0 aromatic heterocycles. The van der Waals surface area contributed by atoms with Crippen molar-refractivity contribution < 1.29 is 64.9 Å². The van der Waals surface area contributed by atoms with Crippen molar-refractivity contribution in [3.8, 4) is 0 Å². The highest BCUT2D eigenvalue weighted by molar-refractivity contribution is 4.88. The van der Waals surface area contributed by atoms with E-state index in [1.807, 2.05) is 0 Å². The first-order chi connectivity index (χ1) is 13.2. The molecule has 2 aliphatic heterocycles. The first-order valence-corrected chi connectivity index (χ1v) is 8.73. The van der Waals surface area contributed by atoms with Crippen molar-refractivity contribution in [1.29, 1.82) is 0 Å². The predicted octanol–water partition coefficient (Wildman–Crippen LogP) is -6.02. The molecule has 0 aromatic rings. The molecule has 0 aromatic carbocycles. The van der Waals surface area contributed by atoms with Gasteiger partial charge in [0.25, 0.3) is 0 Å². The van der Waals surface area contributed by atoms with Gasteiger partial charge < -0.3 is 64.9 Å². The lowest BCUT2D eigenvalue weighted by atomic mass is 10.0. The molecular formula is C15H28O13. The van der Waals surface area contributed by atoms with Gasteiger partial charge in [-0.15, -0.1) is 0 Å². The van der Waals surface area contributed by atoms with E-state index in [-0.39, 0.29) is 13.2 Å². The number of rotatable bonds is 8. The Bertz CT molecular complexity index is 447. The minimum absolute atomic E-state index is 0.315. The number of aliphatic hydroxyl groups is 9. The summed E-state index contributed by atoms with van der Waals surface area (Å²) >= 11 is 0. The summed E-state index contributed by atoms with van der Waals surface area (Å²) in [5, 5.41) is 86.7. The third-order valence-electron chi connectivity index (χ3n) is 4.65. The van der Waals surface area contributed by atoms with E-state index >= 15 is 0 Å². The van der Waals surface area contributed by atoms with Crippen LogP contribution in [0.3, 0.4) is 0 Å². The van der Waals surface area contributed by atoms with Crippen LogP contribution in [0.2, 0.25) is 0 Å². The Morgan fingerprint density at radius 1 is 0.786 bits per heavy atom. The van der Waals surface area contributed by atoms with E-state index in [1.54, 1.807) is 0 Å². The molecule has 28 heavy (non-hydrogen) atoms. The average molecular weight is 416 g/mol. The van der Waals surface area contributed by atoms with Crippen LogP contribution in [0.1, 0.15) is 0 Å². The summed E-state index contributed by atoms with van der Waals surface area (Å²) in [6, 6.07) is 0. The second-order valence-electron chi connectivity index (χ2n) is 6.71. The van der Waals surface area contributed by atoms with E-state index in [0.717, 1.165) is 0 Å². The van der Waals surface area contributed by atoms with E-state index in [1.165, 1.54) is 0 Å². The van der Waals surface area contributed by atoms with Crippen LogP contribution in [0.5, 0.6) is 0 Å². The standard InChI is InChI=1S/C15H28O13/c16-1-5(18)9(20)7(2-17)27-15-13(24)11(22)8(4-26-15)28-14-12(23)10(21)6(19)3-25-14/h5-24H,1-4H2. The van der Waals surface area contributed by atoms with Crippen LogP contribution in [0.25, 0.3) is 0 Å². The highest BCUT2D eigenvalue weighted by Crippen LogP contribution is 2.25. The van der Waals surface area contributed by atoms with E-state index < -0.39 is 80.7 Å². The Labute approximate surface area is 159 Å². The van der Waals surface area contributed by atoms with E-state index in [0.29, 0.717) is 0 Å². The molecule has 11 atom stereocenters. The molecule has 2 rings (SSSR count). The van der Waals surface area contributed by atoms with Gasteiger partial charge in [-0.3, -0.25) is 0 Å². The summed E-state index contributed by atoms with van der Waals surface area (Å²) in [7, 11) is 0. The molecule has 2 aliphatic rings. The first-order valence-electron chi connectivity index (χ1n) is 8.73. The molecule has 0 spiro atoms. The van der Waals surface area contributed by atoms with E-state index in [9.17, 15) is 40.9 Å². The highest BCUT2D eigenvalue weighted by Gasteiger charge is 2.46. The average Bonchev–Trinajstić information content (AvgIpc) is 2.69. The van der Waals surface area contributed by atoms with Crippen LogP contribution in [-0.4, -0.2) is 140 Å². The van der Waals surface area contributed by atoms with Crippen molar-refractivity contribution in [3.05, 3.63) is 0 Å². The lowest BCUT2D eigenvalue weighted by molar-refractivity contribution is -0.337. The van der Waals surface area contributed by atoms with Gasteiger partial charge in [-0.1, -0.05) is 0 Å². The van der Waals surface area contributed by atoms with Crippen LogP contribution in [-0.2, 0) is 18.9 Å². The van der Waals surface area contributed by atoms with Crippen LogP contribution in [0.15, 0.2) is 0 Å². The minimum Gasteiger partial charge on any atom is -0.394 e. The first kappa shape index (κ1) is 23.8. The molecule has 2 saturated heterocycles. The maximum Gasteiger partial charge on any atom is 0.186 e. The lowest BCUT2D eigenvalue weighted by Gasteiger charge is -2.42. The zero-order chi connectivity index (χ0) is 21.0. The van der Waals surface area contributed by atoms with Gasteiger partial charge in [0.05, 0.1) is 26.4 Å². The summed E-state index contributed by atoms with van der Waals surface area (Å²) in [5.41, 5.74) is 0. The van der Waals surface area contributed by atoms with Gasteiger partial charge in [0.1, 0.15) is 54.9 Å². The third-order valence-corrected chi connectivity index (χ3v) is 4.65. The quantitative estimate of drug-likeness (QED) is 0.180. The van der Waals surface area contributed by atoms with Gasteiger partial charge in [-0.2, -0.15) is 0 Å². The Morgan fingerprint density at radius 2 is 1.39 bits per heavy atom. The van der Waals surface area contributed by atoms with Crippen molar-refractivity contribution in [3.63, 3.8) is 0 Å². The third kappa shape index (κ3) is 5.34.